The minimum atomic E-state index is 1.21. The van der Waals surface area contributed by atoms with Crippen LogP contribution >= 0.6 is 30.1 Å². The van der Waals surface area contributed by atoms with Gasteiger partial charge in [0.2, 0.25) is 0 Å². The Morgan fingerprint density at radius 1 is 1.00 bits per heavy atom. The Hall–Kier alpha value is 0.0400. The second-order valence-electron chi connectivity index (χ2n) is 4.28. The molecule has 0 bridgehead atoms. The number of hydrogen-bond donors (Lipinski definition) is 0. The van der Waals surface area contributed by atoms with Crippen molar-refractivity contribution >= 4 is 36.2 Å². The summed E-state index contributed by atoms with van der Waals surface area (Å²) in [7, 11) is 1.93. The number of rotatable bonds is 9. The Kier molecular flexibility index (Phi) is 8.89. The summed E-state index contributed by atoms with van der Waals surface area (Å²) in [6.07, 6.45) is 9.97. The minimum Gasteiger partial charge on any atom is -0.0985 e. The summed E-state index contributed by atoms with van der Waals surface area (Å²) in [5, 5.41) is 0. The van der Waals surface area contributed by atoms with E-state index in [1.165, 1.54) is 55.4 Å². The summed E-state index contributed by atoms with van der Waals surface area (Å²) in [5.74, 6) is 1.31. The lowest BCUT2D eigenvalue weighted by molar-refractivity contribution is 0.635. The Labute approximate surface area is 122 Å². The van der Waals surface area contributed by atoms with E-state index >= 15 is 0 Å². The van der Waals surface area contributed by atoms with Crippen LogP contribution in [0.5, 0.6) is 0 Å². The van der Waals surface area contributed by atoms with E-state index in [2.05, 4.69) is 52.0 Å². The minimum absolute atomic E-state index is 1.21. The molecular weight excluding hydrogens is 339 g/mol. The molecule has 17 heavy (non-hydrogen) atoms. The molecule has 94 valence electrons. The van der Waals surface area contributed by atoms with Gasteiger partial charge < -0.3 is 0 Å². The molecule has 2 heteroatoms. The summed E-state index contributed by atoms with van der Waals surface area (Å²) in [6.45, 7) is 3.77. The average Bonchev–Trinajstić information content (AvgIpc) is 2.38. The molecule has 0 saturated heterocycles. The maximum atomic E-state index is 3.77. The lowest BCUT2D eigenvalue weighted by atomic mass is 10.0. The van der Waals surface area contributed by atoms with Gasteiger partial charge >= 0.3 is 0 Å². The standard InChI is InChI=1S/C15H21IS/c1-2-14-9-11-15(12-10-14)8-6-4-3-5-7-13-17-16/h2,9-12H,1,3-8,13H2. The third-order valence-electron chi connectivity index (χ3n) is 2.90. The summed E-state index contributed by atoms with van der Waals surface area (Å²) in [6, 6.07) is 8.76. The van der Waals surface area contributed by atoms with Gasteiger partial charge in [-0.05, 0) is 51.6 Å². The van der Waals surface area contributed by atoms with Crippen molar-refractivity contribution in [2.24, 2.45) is 0 Å². The van der Waals surface area contributed by atoms with Gasteiger partial charge in [0, 0.05) is 5.75 Å². The van der Waals surface area contributed by atoms with E-state index in [0.717, 1.165) is 0 Å². The van der Waals surface area contributed by atoms with Gasteiger partial charge in [-0.15, -0.1) is 0 Å². The molecule has 0 fully saturated rings. The summed E-state index contributed by atoms with van der Waals surface area (Å²) < 4.78 is 0. The second-order valence-corrected chi connectivity index (χ2v) is 6.77. The Morgan fingerprint density at radius 2 is 1.65 bits per heavy atom. The molecule has 0 aliphatic carbocycles. The molecule has 0 saturated carbocycles. The van der Waals surface area contributed by atoms with Crippen LogP contribution in [0.3, 0.4) is 0 Å². The molecule has 0 heterocycles. The van der Waals surface area contributed by atoms with Crippen LogP contribution in [0.1, 0.15) is 43.2 Å². The molecule has 0 aliphatic heterocycles. The van der Waals surface area contributed by atoms with Crippen LogP contribution in [0, 0.1) is 0 Å². The summed E-state index contributed by atoms with van der Waals surface area (Å²) in [5.41, 5.74) is 2.67. The normalized spacial score (nSPS) is 10.4. The van der Waals surface area contributed by atoms with Gasteiger partial charge in [-0.25, -0.2) is 0 Å². The molecule has 0 aromatic heterocycles. The van der Waals surface area contributed by atoms with E-state index < -0.39 is 0 Å². The van der Waals surface area contributed by atoms with Crippen LogP contribution in [0.25, 0.3) is 6.08 Å². The quantitative estimate of drug-likeness (QED) is 0.390. The molecule has 0 atom stereocenters. The van der Waals surface area contributed by atoms with Gasteiger partial charge in [-0.2, -0.15) is 0 Å². The highest BCUT2D eigenvalue weighted by Crippen LogP contribution is 2.15. The first-order chi connectivity index (χ1) is 8.36. The Morgan fingerprint density at radius 3 is 2.29 bits per heavy atom. The van der Waals surface area contributed by atoms with Gasteiger partial charge in [-0.1, -0.05) is 65.1 Å². The molecule has 0 amide bonds. The second kappa shape index (κ2) is 10.0. The fourth-order valence-electron chi connectivity index (χ4n) is 1.84. The van der Waals surface area contributed by atoms with Gasteiger partial charge in [0.1, 0.15) is 0 Å². The zero-order valence-electron chi connectivity index (χ0n) is 10.3. The van der Waals surface area contributed by atoms with Crippen molar-refractivity contribution in [3.63, 3.8) is 0 Å². The number of aryl methyl sites for hydroxylation is 1. The summed E-state index contributed by atoms with van der Waals surface area (Å²) in [4.78, 5) is 0. The van der Waals surface area contributed by atoms with Crippen molar-refractivity contribution in [2.45, 2.75) is 38.5 Å². The molecule has 0 aliphatic rings. The zero-order chi connectivity index (χ0) is 12.3. The molecule has 0 N–H and O–H groups in total. The van der Waals surface area contributed by atoms with E-state index in [1.54, 1.807) is 0 Å². The first-order valence-corrected chi connectivity index (χ1v) is 9.84. The van der Waals surface area contributed by atoms with Gasteiger partial charge in [0.05, 0.1) is 0 Å². The summed E-state index contributed by atoms with van der Waals surface area (Å²) >= 11 is 2.38. The largest absolute Gasteiger partial charge is 0.0985 e. The predicted octanol–water partition coefficient (Wildman–Crippen LogP) is 5.91. The van der Waals surface area contributed by atoms with E-state index in [1.807, 2.05) is 15.0 Å². The van der Waals surface area contributed by atoms with Gasteiger partial charge in [0.25, 0.3) is 0 Å². The molecule has 1 aromatic carbocycles. The van der Waals surface area contributed by atoms with E-state index in [4.69, 9.17) is 0 Å². The number of halogens is 1. The van der Waals surface area contributed by atoms with Crippen molar-refractivity contribution < 1.29 is 0 Å². The lowest BCUT2D eigenvalue weighted by Gasteiger charge is -2.02. The maximum Gasteiger partial charge on any atom is 0.00334 e. The average molecular weight is 360 g/mol. The van der Waals surface area contributed by atoms with Crippen LogP contribution in [0.15, 0.2) is 30.8 Å². The zero-order valence-corrected chi connectivity index (χ0v) is 13.3. The van der Waals surface area contributed by atoms with Crippen LogP contribution < -0.4 is 0 Å². The predicted molar refractivity (Wildman–Crippen MR) is 89.8 cm³/mol. The van der Waals surface area contributed by atoms with Crippen molar-refractivity contribution in [1.29, 1.82) is 0 Å². The van der Waals surface area contributed by atoms with E-state index in [9.17, 15) is 0 Å². The third kappa shape index (κ3) is 7.14. The first-order valence-electron chi connectivity index (χ1n) is 6.31. The fraction of sp³-hybridized carbons (Fsp3) is 0.467. The SMILES string of the molecule is C=Cc1ccc(CCCCCCCSI)cc1. The van der Waals surface area contributed by atoms with Crippen molar-refractivity contribution in [2.75, 3.05) is 5.75 Å². The topological polar surface area (TPSA) is 0 Å². The molecule has 1 rings (SSSR count). The van der Waals surface area contributed by atoms with Crippen LogP contribution in [-0.4, -0.2) is 5.75 Å². The van der Waals surface area contributed by atoms with Crippen LogP contribution in [0.4, 0.5) is 0 Å². The molecule has 0 nitrogen and oxygen atoms in total. The number of benzene rings is 1. The van der Waals surface area contributed by atoms with Crippen LogP contribution in [-0.2, 0) is 6.42 Å². The van der Waals surface area contributed by atoms with Crippen molar-refractivity contribution in [3.8, 4) is 0 Å². The van der Waals surface area contributed by atoms with E-state index in [-0.39, 0.29) is 0 Å². The molecule has 1 aromatic rings. The molecular formula is C15H21IS. The molecule has 0 unspecified atom stereocenters. The Bertz CT molecular complexity index is 305. The highest BCUT2D eigenvalue weighted by atomic mass is 127. The van der Waals surface area contributed by atoms with Gasteiger partial charge in [-0.3, -0.25) is 0 Å². The molecule has 0 radical (unpaired) electrons. The lowest BCUT2D eigenvalue weighted by Crippen LogP contribution is -1.87. The maximum absolute atomic E-state index is 3.77. The first kappa shape index (κ1) is 15.1. The van der Waals surface area contributed by atoms with Crippen LogP contribution in [0.2, 0.25) is 0 Å². The van der Waals surface area contributed by atoms with Gasteiger partial charge in [0.15, 0.2) is 0 Å². The molecule has 0 spiro atoms. The van der Waals surface area contributed by atoms with Crippen molar-refractivity contribution in [3.05, 3.63) is 42.0 Å². The highest BCUT2D eigenvalue weighted by Gasteiger charge is 1.94. The van der Waals surface area contributed by atoms with Crippen molar-refractivity contribution in [1.82, 2.24) is 0 Å². The third-order valence-corrected chi connectivity index (χ3v) is 4.67. The Balaban J connectivity index is 2.07. The smallest absolute Gasteiger partial charge is 0.00334 e. The van der Waals surface area contributed by atoms with E-state index in [0.29, 0.717) is 0 Å². The monoisotopic (exact) mass is 360 g/mol. The highest BCUT2D eigenvalue weighted by molar-refractivity contribution is 14.2. The number of unbranched alkanes of at least 4 members (excludes halogenated alkanes) is 4. The number of hydrogen-bond acceptors (Lipinski definition) is 1. The fourth-order valence-corrected chi connectivity index (χ4v) is 3.08.